The molecule has 1 fully saturated rings. The highest BCUT2D eigenvalue weighted by molar-refractivity contribution is 7.91. The van der Waals surface area contributed by atoms with Crippen molar-refractivity contribution in [2.45, 2.75) is 36.6 Å². The van der Waals surface area contributed by atoms with E-state index >= 15 is 0 Å². The summed E-state index contributed by atoms with van der Waals surface area (Å²) in [7, 11) is -1.56. The fourth-order valence-corrected chi connectivity index (χ4v) is 4.94. The Morgan fingerprint density at radius 1 is 1.45 bits per heavy atom. The maximum Gasteiger partial charge on any atom is 0.250 e. The Morgan fingerprint density at radius 3 is 2.80 bits per heavy atom. The van der Waals surface area contributed by atoms with Crippen LogP contribution in [-0.4, -0.2) is 34.7 Å². The molecule has 0 spiro atoms. The second kappa shape index (κ2) is 7.00. The summed E-state index contributed by atoms with van der Waals surface area (Å²) < 4.78 is 33.2. The van der Waals surface area contributed by atoms with E-state index in [1.54, 1.807) is 6.07 Å². The quantitative estimate of drug-likeness (QED) is 0.835. The van der Waals surface area contributed by atoms with E-state index < -0.39 is 10.0 Å². The maximum atomic E-state index is 12.4. The molecule has 0 amide bonds. The average Bonchev–Trinajstić information content (AvgIpc) is 2.89. The molecule has 7 heteroatoms. The van der Waals surface area contributed by atoms with Gasteiger partial charge in [-0.2, -0.15) is 0 Å². The zero-order valence-corrected chi connectivity index (χ0v) is 13.5. The molecule has 1 aromatic heterocycles. The van der Waals surface area contributed by atoms with Gasteiger partial charge in [0, 0.05) is 25.8 Å². The summed E-state index contributed by atoms with van der Waals surface area (Å²) in [6.07, 6.45) is 1.83. The fourth-order valence-electron chi connectivity index (χ4n) is 2.41. The van der Waals surface area contributed by atoms with Gasteiger partial charge in [0.1, 0.15) is 4.21 Å². The molecular weight excluding hydrogens is 296 g/mol. The third-order valence-corrected chi connectivity index (χ3v) is 6.64. The van der Waals surface area contributed by atoms with E-state index in [2.05, 4.69) is 10.0 Å². The van der Waals surface area contributed by atoms with Gasteiger partial charge < -0.3 is 10.1 Å². The molecule has 0 bridgehead atoms. The highest BCUT2D eigenvalue weighted by Gasteiger charge is 2.26. The van der Waals surface area contributed by atoms with Gasteiger partial charge in [0.15, 0.2) is 0 Å². The first kappa shape index (κ1) is 15.9. The summed E-state index contributed by atoms with van der Waals surface area (Å²) in [6, 6.07) is 1.68. The van der Waals surface area contributed by atoms with Crippen LogP contribution in [0.25, 0.3) is 0 Å². The highest BCUT2D eigenvalue weighted by atomic mass is 32.2. The first-order valence-electron chi connectivity index (χ1n) is 6.85. The van der Waals surface area contributed by atoms with Crippen LogP contribution in [-0.2, 0) is 21.3 Å². The molecule has 0 saturated carbocycles. The second-order valence-corrected chi connectivity index (χ2v) is 8.02. The third kappa shape index (κ3) is 4.02. The van der Waals surface area contributed by atoms with Gasteiger partial charge in [-0.3, -0.25) is 0 Å². The average molecular weight is 318 g/mol. The third-order valence-electron chi connectivity index (χ3n) is 3.59. The lowest BCUT2D eigenvalue weighted by Crippen LogP contribution is -2.40. The number of nitrogens with one attached hydrogen (secondary N) is 2. The van der Waals surface area contributed by atoms with E-state index in [-0.39, 0.29) is 6.04 Å². The lowest BCUT2D eigenvalue weighted by Gasteiger charge is -2.27. The number of hydrogen-bond acceptors (Lipinski definition) is 5. The van der Waals surface area contributed by atoms with Crippen molar-refractivity contribution >= 4 is 21.4 Å². The number of rotatable bonds is 6. The summed E-state index contributed by atoms with van der Waals surface area (Å²) in [5, 5.41) is 4.90. The van der Waals surface area contributed by atoms with Crippen molar-refractivity contribution in [1.82, 2.24) is 10.0 Å². The lowest BCUT2D eigenvalue weighted by atomic mass is 9.94. The van der Waals surface area contributed by atoms with Crippen LogP contribution in [0.2, 0.25) is 0 Å². The first-order valence-corrected chi connectivity index (χ1v) is 9.21. The van der Waals surface area contributed by atoms with Crippen LogP contribution in [0.5, 0.6) is 0 Å². The standard InChI is InChI=1S/C13H22N2O3S2/c1-10(12-3-5-18-6-4-12)15-20(16,17)13-7-11(8-14-2)9-19-13/h7,9-10,12,14-15H,3-6,8H2,1-2H3. The Bertz CT molecular complexity index is 521. The molecule has 0 aliphatic carbocycles. The van der Waals surface area contributed by atoms with E-state index in [9.17, 15) is 8.42 Å². The fraction of sp³-hybridized carbons (Fsp3) is 0.692. The molecule has 0 aromatic carbocycles. The Labute approximate surface area is 124 Å². The Morgan fingerprint density at radius 2 is 2.15 bits per heavy atom. The molecular formula is C13H22N2O3S2. The van der Waals surface area contributed by atoms with Crippen LogP contribution in [0.15, 0.2) is 15.7 Å². The van der Waals surface area contributed by atoms with Gasteiger partial charge in [-0.05, 0) is 49.7 Å². The molecule has 5 nitrogen and oxygen atoms in total. The van der Waals surface area contributed by atoms with E-state index in [0.717, 1.165) is 31.6 Å². The molecule has 1 aromatic rings. The Hall–Kier alpha value is -0.470. The summed E-state index contributed by atoms with van der Waals surface area (Å²) in [4.78, 5) is 0. The smallest absolute Gasteiger partial charge is 0.250 e. The molecule has 20 heavy (non-hydrogen) atoms. The minimum absolute atomic E-state index is 0.0567. The predicted octanol–water partition coefficient (Wildman–Crippen LogP) is 1.56. The van der Waals surface area contributed by atoms with E-state index in [1.807, 2.05) is 19.4 Å². The second-order valence-electron chi connectivity index (χ2n) is 5.16. The minimum Gasteiger partial charge on any atom is -0.381 e. The first-order chi connectivity index (χ1) is 9.53. The number of ether oxygens (including phenoxy) is 1. The SMILES string of the molecule is CNCc1csc(S(=O)(=O)NC(C)C2CCOCC2)c1. The highest BCUT2D eigenvalue weighted by Crippen LogP contribution is 2.23. The number of sulfonamides is 1. The predicted molar refractivity (Wildman–Crippen MR) is 80.4 cm³/mol. The van der Waals surface area contributed by atoms with Gasteiger partial charge in [0.05, 0.1) is 0 Å². The maximum absolute atomic E-state index is 12.4. The van der Waals surface area contributed by atoms with Crippen molar-refractivity contribution in [3.8, 4) is 0 Å². The van der Waals surface area contributed by atoms with Gasteiger partial charge in [-0.25, -0.2) is 13.1 Å². The van der Waals surface area contributed by atoms with Gasteiger partial charge in [0.25, 0.3) is 0 Å². The van der Waals surface area contributed by atoms with Crippen molar-refractivity contribution in [3.05, 3.63) is 17.0 Å². The van der Waals surface area contributed by atoms with E-state index in [1.165, 1.54) is 11.3 Å². The van der Waals surface area contributed by atoms with Crippen LogP contribution in [0.1, 0.15) is 25.3 Å². The molecule has 2 heterocycles. The van der Waals surface area contributed by atoms with Gasteiger partial charge in [-0.15, -0.1) is 11.3 Å². The summed E-state index contributed by atoms with van der Waals surface area (Å²) in [5.41, 5.74) is 0.997. The summed E-state index contributed by atoms with van der Waals surface area (Å²) in [6.45, 7) is 4.07. The van der Waals surface area contributed by atoms with Crippen LogP contribution >= 0.6 is 11.3 Å². The molecule has 2 rings (SSSR count). The topological polar surface area (TPSA) is 67.4 Å². The molecule has 2 N–H and O–H groups in total. The van der Waals surface area contributed by atoms with Crippen molar-refractivity contribution in [2.24, 2.45) is 5.92 Å². The zero-order valence-electron chi connectivity index (χ0n) is 11.9. The van der Waals surface area contributed by atoms with Gasteiger partial charge in [0.2, 0.25) is 10.0 Å². The molecule has 1 atom stereocenters. The molecule has 114 valence electrons. The number of hydrogen-bond donors (Lipinski definition) is 2. The van der Waals surface area contributed by atoms with E-state index in [4.69, 9.17) is 4.74 Å². The van der Waals surface area contributed by atoms with Crippen molar-refractivity contribution < 1.29 is 13.2 Å². The van der Waals surface area contributed by atoms with E-state index in [0.29, 0.717) is 16.7 Å². The molecule has 1 saturated heterocycles. The summed E-state index contributed by atoms with van der Waals surface area (Å²) in [5.74, 6) is 0.357. The Kier molecular flexibility index (Phi) is 5.57. The molecule has 0 radical (unpaired) electrons. The zero-order chi connectivity index (χ0) is 14.6. The molecule has 1 unspecified atom stereocenters. The van der Waals surface area contributed by atoms with Crippen LogP contribution < -0.4 is 10.0 Å². The van der Waals surface area contributed by atoms with Crippen LogP contribution in [0.4, 0.5) is 0 Å². The summed E-state index contributed by atoms with van der Waals surface area (Å²) >= 11 is 1.27. The van der Waals surface area contributed by atoms with Crippen LogP contribution in [0, 0.1) is 5.92 Å². The normalized spacial score (nSPS) is 19.1. The van der Waals surface area contributed by atoms with Crippen molar-refractivity contribution in [2.75, 3.05) is 20.3 Å². The monoisotopic (exact) mass is 318 g/mol. The molecule has 1 aliphatic heterocycles. The van der Waals surface area contributed by atoms with Crippen LogP contribution in [0.3, 0.4) is 0 Å². The van der Waals surface area contributed by atoms with Gasteiger partial charge >= 0.3 is 0 Å². The minimum atomic E-state index is -3.41. The van der Waals surface area contributed by atoms with Gasteiger partial charge in [-0.1, -0.05) is 0 Å². The lowest BCUT2D eigenvalue weighted by molar-refractivity contribution is 0.0586. The largest absolute Gasteiger partial charge is 0.381 e. The van der Waals surface area contributed by atoms with Crippen molar-refractivity contribution in [3.63, 3.8) is 0 Å². The number of thiophene rings is 1. The Balaban J connectivity index is 2.01. The molecule has 1 aliphatic rings. The van der Waals surface area contributed by atoms with Crippen molar-refractivity contribution in [1.29, 1.82) is 0 Å².